The van der Waals surface area contributed by atoms with Crippen molar-refractivity contribution in [2.24, 2.45) is 4.99 Å². The Morgan fingerprint density at radius 1 is 1.03 bits per heavy atom. The number of allylic oxidation sites excluding steroid dienone is 1. The van der Waals surface area contributed by atoms with E-state index in [0.29, 0.717) is 23.5 Å². The zero-order valence-corrected chi connectivity index (χ0v) is 19.1. The summed E-state index contributed by atoms with van der Waals surface area (Å²) in [5, 5.41) is 0. The predicted molar refractivity (Wildman–Crippen MR) is 131 cm³/mol. The monoisotopic (exact) mass is 456 g/mol. The van der Waals surface area contributed by atoms with Gasteiger partial charge in [0.25, 0.3) is 5.91 Å². The maximum atomic E-state index is 13.5. The van der Waals surface area contributed by atoms with E-state index >= 15 is 0 Å². The van der Waals surface area contributed by atoms with Gasteiger partial charge in [-0.1, -0.05) is 78.1 Å². The molecule has 0 N–H and O–H groups in total. The van der Waals surface area contributed by atoms with Gasteiger partial charge in [-0.15, -0.1) is 6.58 Å². The number of carbonyl (C=O) groups is 2. The molecule has 0 unspecified atom stereocenters. The number of nitrogens with zero attached hydrogens (tertiary/aromatic N) is 2. The summed E-state index contributed by atoms with van der Waals surface area (Å²) in [5.41, 5.74) is 3.13. The van der Waals surface area contributed by atoms with Crippen molar-refractivity contribution in [1.82, 2.24) is 4.57 Å². The molecule has 6 heteroatoms. The minimum Gasteiger partial charge on any atom is -0.462 e. The number of esters is 1. The van der Waals surface area contributed by atoms with Crippen LogP contribution in [0, 0.1) is 0 Å². The van der Waals surface area contributed by atoms with Crippen molar-refractivity contribution in [2.75, 3.05) is 6.61 Å². The van der Waals surface area contributed by atoms with Crippen LogP contribution in [0.4, 0.5) is 0 Å². The molecule has 0 saturated heterocycles. The van der Waals surface area contributed by atoms with E-state index in [4.69, 9.17) is 4.74 Å². The van der Waals surface area contributed by atoms with Crippen LogP contribution in [-0.2, 0) is 16.1 Å². The Morgan fingerprint density at radius 2 is 1.67 bits per heavy atom. The van der Waals surface area contributed by atoms with Crippen LogP contribution in [0.15, 0.2) is 96.5 Å². The summed E-state index contributed by atoms with van der Waals surface area (Å²) >= 11 is 1.37. The molecule has 0 aliphatic rings. The van der Waals surface area contributed by atoms with Gasteiger partial charge in [0.2, 0.25) is 0 Å². The van der Waals surface area contributed by atoms with Gasteiger partial charge in [0, 0.05) is 6.54 Å². The van der Waals surface area contributed by atoms with Gasteiger partial charge in [-0.05, 0) is 36.2 Å². The van der Waals surface area contributed by atoms with Gasteiger partial charge < -0.3 is 9.30 Å². The Bertz CT molecular complexity index is 1320. The van der Waals surface area contributed by atoms with Crippen molar-refractivity contribution in [3.63, 3.8) is 0 Å². The number of thiazole rings is 1. The summed E-state index contributed by atoms with van der Waals surface area (Å²) in [5.74, 6) is -1.13. The van der Waals surface area contributed by atoms with Crippen molar-refractivity contribution in [2.45, 2.75) is 19.4 Å². The quantitative estimate of drug-likeness (QED) is 0.279. The number of ether oxygens (including phenoxy) is 1. The number of amides is 1. The van der Waals surface area contributed by atoms with E-state index in [1.165, 1.54) is 11.3 Å². The Morgan fingerprint density at radius 3 is 2.24 bits per heavy atom. The lowest BCUT2D eigenvalue weighted by atomic mass is 9.91. The maximum absolute atomic E-state index is 13.5. The molecular weight excluding hydrogens is 432 g/mol. The largest absolute Gasteiger partial charge is 0.462 e. The summed E-state index contributed by atoms with van der Waals surface area (Å²) in [7, 11) is 0. The topological polar surface area (TPSA) is 60.7 Å². The zero-order valence-electron chi connectivity index (χ0n) is 18.3. The highest BCUT2D eigenvalue weighted by Gasteiger charge is 2.23. The molecule has 0 radical (unpaired) electrons. The Kier molecular flexibility index (Phi) is 6.95. The van der Waals surface area contributed by atoms with Crippen molar-refractivity contribution in [3.05, 3.63) is 113 Å². The van der Waals surface area contributed by atoms with Crippen LogP contribution in [-0.4, -0.2) is 23.1 Å². The first kappa shape index (κ1) is 22.4. The standard InChI is InChI=1S/C27H24N2O3S/c1-3-17-29-22-16-15-21(26(31)32-4-2)18-23(22)33-27(29)28-25(30)24(19-11-7-5-8-12-19)20-13-9-6-10-14-20/h3,5-16,18,24H,1,4,17H2,2H3/b28-27-. The van der Waals surface area contributed by atoms with Crippen LogP contribution in [0.1, 0.15) is 34.3 Å². The minimum absolute atomic E-state index is 0.248. The number of hydrogen-bond donors (Lipinski definition) is 0. The summed E-state index contributed by atoms with van der Waals surface area (Å²) in [6, 6.07) is 24.7. The van der Waals surface area contributed by atoms with Crippen LogP contribution >= 0.6 is 11.3 Å². The van der Waals surface area contributed by atoms with Gasteiger partial charge in [-0.3, -0.25) is 4.79 Å². The second-order valence-corrected chi connectivity index (χ2v) is 8.40. The smallest absolute Gasteiger partial charge is 0.338 e. The molecule has 4 aromatic rings. The first-order valence-electron chi connectivity index (χ1n) is 10.7. The first-order chi connectivity index (χ1) is 16.1. The van der Waals surface area contributed by atoms with E-state index in [1.807, 2.05) is 71.3 Å². The number of benzene rings is 3. The summed E-state index contributed by atoms with van der Waals surface area (Å²) in [4.78, 5) is 30.8. The highest BCUT2D eigenvalue weighted by atomic mass is 32.1. The van der Waals surface area contributed by atoms with Gasteiger partial charge in [0.05, 0.1) is 28.3 Å². The highest BCUT2D eigenvalue weighted by Crippen LogP contribution is 2.26. The minimum atomic E-state index is -0.509. The zero-order chi connectivity index (χ0) is 23.2. The summed E-state index contributed by atoms with van der Waals surface area (Å²) in [6.45, 7) is 6.43. The first-order valence-corrected chi connectivity index (χ1v) is 11.5. The Hall–Kier alpha value is -3.77. The molecule has 0 spiro atoms. The number of hydrogen-bond acceptors (Lipinski definition) is 4. The van der Waals surface area contributed by atoms with E-state index in [-0.39, 0.29) is 11.9 Å². The molecule has 1 heterocycles. The van der Waals surface area contributed by atoms with Gasteiger partial charge >= 0.3 is 5.97 Å². The molecule has 0 aliphatic carbocycles. The Balaban J connectivity index is 1.83. The fourth-order valence-electron chi connectivity index (χ4n) is 3.73. The molecule has 0 saturated carbocycles. The SMILES string of the molecule is C=CCn1/c(=N/C(=O)C(c2ccccc2)c2ccccc2)sc2cc(C(=O)OCC)ccc21. The fraction of sp³-hybridized carbons (Fsp3) is 0.148. The lowest BCUT2D eigenvalue weighted by Gasteiger charge is -2.14. The lowest BCUT2D eigenvalue weighted by Crippen LogP contribution is -2.20. The molecule has 1 amide bonds. The summed E-state index contributed by atoms with van der Waals surface area (Å²) < 4.78 is 7.91. The molecule has 33 heavy (non-hydrogen) atoms. The van der Waals surface area contributed by atoms with Crippen LogP contribution in [0.25, 0.3) is 10.2 Å². The number of aromatic nitrogens is 1. The second-order valence-electron chi connectivity index (χ2n) is 7.39. The second kappa shape index (κ2) is 10.2. The predicted octanol–water partition coefficient (Wildman–Crippen LogP) is 5.32. The third-order valence-electron chi connectivity index (χ3n) is 5.22. The van der Waals surface area contributed by atoms with Crippen LogP contribution in [0.2, 0.25) is 0 Å². The van der Waals surface area contributed by atoms with E-state index in [1.54, 1.807) is 25.1 Å². The van der Waals surface area contributed by atoms with Crippen LogP contribution in [0.3, 0.4) is 0 Å². The van der Waals surface area contributed by atoms with Gasteiger partial charge in [-0.2, -0.15) is 4.99 Å². The third kappa shape index (κ3) is 4.86. The van der Waals surface area contributed by atoms with E-state index in [2.05, 4.69) is 11.6 Å². The maximum Gasteiger partial charge on any atom is 0.338 e. The van der Waals surface area contributed by atoms with E-state index in [0.717, 1.165) is 21.3 Å². The highest BCUT2D eigenvalue weighted by molar-refractivity contribution is 7.16. The molecule has 0 atom stereocenters. The molecule has 4 rings (SSSR count). The van der Waals surface area contributed by atoms with Crippen molar-refractivity contribution in [1.29, 1.82) is 0 Å². The van der Waals surface area contributed by atoms with Crippen LogP contribution < -0.4 is 4.80 Å². The molecule has 0 aliphatic heterocycles. The third-order valence-corrected chi connectivity index (χ3v) is 6.27. The molecule has 0 bridgehead atoms. The average Bonchev–Trinajstić information content (AvgIpc) is 3.17. The number of fused-ring (bicyclic) bond motifs is 1. The van der Waals surface area contributed by atoms with Crippen molar-refractivity contribution < 1.29 is 14.3 Å². The Labute approximate surface area is 196 Å². The molecule has 3 aromatic carbocycles. The molecular formula is C27H24N2O3S. The van der Waals surface area contributed by atoms with Gasteiger partial charge in [-0.25, -0.2) is 4.79 Å². The van der Waals surface area contributed by atoms with Gasteiger partial charge in [0.15, 0.2) is 4.80 Å². The fourth-order valence-corrected chi connectivity index (χ4v) is 4.82. The van der Waals surface area contributed by atoms with E-state index < -0.39 is 5.92 Å². The van der Waals surface area contributed by atoms with E-state index in [9.17, 15) is 9.59 Å². The van der Waals surface area contributed by atoms with Crippen LogP contribution in [0.5, 0.6) is 0 Å². The molecule has 0 fully saturated rings. The summed E-state index contributed by atoms with van der Waals surface area (Å²) in [6.07, 6.45) is 1.76. The van der Waals surface area contributed by atoms with Crippen molar-refractivity contribution in [3.8, 4) is 0 Å². The number of rotatable bonds is 7. The molecule has 166 valence electrons. The molecule has 5 nitrogen and oxygen atoms in total. The molecule has 1 aromatic heterocycles. The lowest BCUT2D eigenvalue weighted by molar-refractivity contribution is -0.118. The van der Waals surface area contributed by atoms with Gasteiger partial charge in [0.1, 0.15) is 0 Å². The number of carbonyl (C=O) groups excluding carboxylic acids is 2. The average molecular weight is 457 g/mol. The van der Waals surface area contributed by atoms with Crippen molar-refractivity contribution >= 4 is 33.4 Å². The normalized spacial score (nSPS) is 11.6.